The molecular weight excluding hydrogens is 477 g/mol. The van der Waals surface area contributed by atoms with Crippen LogP contribution in [0.5, 0.6) is 5.75 Å². The van der Waals surface area contributed by atoms with Gasteiger partial charge in [0.25, 0.3) is 0 Å². The Morgan fingerprint density at radius 3 is 2.34 bits per heavy atom. The van der Waals surface area contributed by atoms with Crippen molar-refractivity contribution in [2.24, 2.45) is 0 Å². The zero-order chi connectivity index (χ0) is 23.6. The monoisotopic (exact) mass is 489 g/mol. The largest absolute Gasteiger partial charge is 0.492 e. The zero-order valence-electron chi connectivity index (χ0n) is 16.1. The van der Waals surface area contributed by atoms with E-state index in [1.54, 1.807) is 0 Å². The van der Waals surface area contributed by atoms with Crippen LogP contribution in [0.2, 0.25) is 10.0 Å². The molecule has 12 heteroatoms. The molecule has 6 nitrogen and oxygen atoms in total. The van der Waals surface area contributed by atoms with Crippen molar-refractivity contribution in [2.45, 2.75) is 12.8 Å². The van der Waals surface area contributed by atoms with Gasteiger partial charge in [0.1, 0.15) is 17.4 Å². The molecule has 0 unspecified atom stereocenters. The van der Waals surface area contributed by atoms with Gasteiger partial charge in [-0.05, 0) is 29.8 Å². The molecule has 0 radical (unpaired) electrons. The van der Waals surface area contributed by atoms with E-state index in [1.165, 1.54) is 19.2 Å². The number of alkyl halides is 3. The van der Waals surface area contributed by atoms with E-state index in [1.807, 2.05) is 0 Å². The molecular formula is C20H13Cl2F4N3O3. The molecule has 1 aromatic heterocycles. The van der Waals surface area contributed by atoms with Gasteiger partial charge in [-0.15, -0.1) is 0 Å². The molecule has 0 fully saturated rings. The number of methoxy groups -OCH3 is 1. The molecule has 0 bridgehead atoms. The first-order valence-electron chi connectivity index (χ1n) is 8.71. The Morgan fingerprint density at radius 1 is 1.09 bits per heavy atom. The van der Waals surface area contributed by atoms with E-state index in [-0.39, 0.29) is 39.6 Å². The number of anilines is 1. The smallest absolute Gasteiger partial charge is 0.416 e. The van der Waals surface area contributed by atoms with E-state index >= 15 is 0 Å². The molecule has 0 aliphatic heterocycles. The highest BCUT2D eigenvalue weighted by atomic mass is 35.5. The molecule has 1 heterocycles. The minimum atomic E-state index is -4.49. The number of hydrogen-bond donors (Lipinski definition) is 1. The molecule has 2 aromatic carbocycles. The first kappa shape index (κ1) is 23.6. The second-order valence-electron chi connectivity index (χ2n) is 6.31. The number of carbonyl (C=O) groups excluding carboxylic acids is 1. The van der Waals surface area contributed by atoms with Crippen molar-refractivity contribution in [3.05, 3.63) is 69.1 Å². The number of ether oxygens (including phenoxy) is 2. The maximum absolute atomic E-state index is 14.7. The van der Waals surface area contributed by atoms with Crippen molar-refractivity contribution in [1.29, 1.82) is 0 Å². The van der Waals surface area contributed by atoms with Crippen LogP contribution < -0.4 is 10.5 Å². The second kappa shape index (κ2) is 9.17. The Morgan fingerprint density at radius 2 is 1.75 bits per heavy atom. The van der Waals surface area contributed by atoms with Crippen LogP contribution in [0.1, 0.15) is 21.6 Å². The SMILES string of the molecule is COc1c(Cl)ccc(-c2nc(N)c(Cl)c(C(=O)OCc3ccc(C(F)(F)F)cc3)n2)c1F. The lowest BCUT2D eigenvalue weighted by Gasteiger charge is -2.12. The first-order chi connectivity index (χ1) is 15.0. The topological polar surface area (TPSA) is 87.3 Å². The van der Waals surface area contributed by atoms with Gasteiger partial charge in [0.15, 0.2) is 23.1 Å². The number of nitrogens with zero attached hydrogens (tertiary/aromatic N) is 2. The summed E-state index contributed by atoms with van der Waals surface area (Å²) in [4.78, 5) is 20.3. The number of carbonyl (C=O) groups is 1. The van der Waals surface area contributed by atoms with Crippen LogP contribution in [-0.2, 0) is 17.5 Å². The van der Waals surface area contributed by atoms with Crippen LogP contribution >= 0.6 is 23.2 Å². The van der Waals surface area contributed by atoms with Crippen LogP contribution in [-0.4, -0.2) is 23.0 Å². The Labute approximate surface area is 188 Å². The lowest BCUT2D eigenvalue weighted by atomic mass is 10.1. The normalized spacial score (nSPS) is 11.3. The van der Waals surface area contributed by atoms with Crippen molar-refractivity contribution < 1.29 is 31.8 Å². The number of nitrogen functional groups attached to an aromatic ring is 1. The van der Waals surface area contributed by atoms with Gasteiger partial charge in [-0.3, -0.25) is 0 Å². The molecule has 0 aliphatic carbocycles. The van der Waals surface area contributed by atoms with Crippen molar-refractivity contribution >= 4 is 35.0 Å². The van der Waals surface area contributed by atoms with Gasteiger partial charge in [-0.2, -0.15) is 13.2 Å². The number of nitrogens with two attached hydrogens (primary N) is 1. The van der Waals surface area contributed by atoms with Crippen LogP contribution in [0.3, 0.4) is 0 Å². The van der Waals surface area contributed by atoms with Gasteiger partial charge >= 0.3 is 12.1 Å². The summed E-state index contributed by atoms with van der Waals surface area (Å²) in [6.45, 7) is -0.365. The minimum absolute atomic E-state index is 0.00635. The lowest BCUT2D eigenvalue weighted by Crippen LogP contribution is -2.12. The zero-order valence-corrected chi connectivity index (χ0v) is 17.6. The van der Waals surface area contributed by atoms with Gasteiger partial charge in [-0.1, -0.05) is 35.3 Å². The average molecular weight is 490 g/mol. The van der Waals surface area contributed by atoms with Gasteiger partial charge < -0.3 is 15.2 Å². The molecule has 0 saturated carbocycles. The Kier molecular flexibility index (Phi) is 6.75. The molecule has 168 valence electrons. The number of aromatic nitrogens is 2. The highest BCUT2D eigenvalue weighted by Crippen LogP contribution is 2.35. The van der Waals surface area contributed by atoms with E-state index in [2.05, 4.69) is 9.97 Å². The third kappa shape index (κ3) is 4.86. The summed E-state index contributed by atoms with van der Waals surface area (Å²) in [6.07, 6.45) is -4.49. The van der Waals surface area contributed by atoms with E-state index in [4.69, 9.17) is 38.4 Å². The summed E-state index contributed by atoms with van der Waals surface area (Å²) in [7, 11) is 1.22. The van der Waals surface area contributed by atoms with E-state index < -0.39 is 29.2 Å². The lowest BCUT2D eigenvalue weighted by molar-refractivity contribution is -0.137. The highest BCUT2D eigenvalue weighted by molar-refractivity contribution is 6.35. The van der Waals surface area contributed by atoms with Crippen molar-refractivity contribution in [3.8, 4) is 17.1 Å². The number of rotatable bonds is 5. The molecule has 0 amide bonds. The summed E-state index contributed by atoms with van der Waals surface area (Å²) < 4.78 is 62.6. The Balaban J connectivity index is 1.87. The van der Waals surface area contributed by atoms with Crippen LogP contribution in [0.4, 0.5) is 23.4 Å². The van der Waals surface area contributed by atoms with E-state index in [0.717, 1.165) is 24.3 Å². The summed E-state index contributed by atoms with van der Waals surface area (Å²) in [5, 5.41) is -0.320. The predicted molar refractivity (Wildman–Crippen MR) is 109 cm³/mol. The predicted octanol–water partition coefficient (Wildman–Crippen LogP) is 5.56. The molecule has 32 heavy (non-hydrogen) atoms. The molecule has 0 spiro atoms. The average Bonchev–Trinajstić information content (AvgIpc) is 2.74. The fraction of sp³-hybridized carbons (Fsp3) is 0.150. The molecule has 3 rings (SSSR count). The number of halogens is 6. The first-order valence-corrected chi connectivity index (χ1v) is 9.47. The standard InChI is InChI=1S/C20H13Cl2F4N3O3/c1-31-16-12(21)7-6-11(14(16)23)18-28-15(13(22)17(27)29-18)19(30)32-8-9-2-4-10(5-3-9)20(24,25)26/h2-7H,8H2,1H3,(H2,27,28,29). The molecule has 0 saturated heterocycles. The van der Waals surface area contributed by atoms with Crippen LogP contribution in [0.15, 0.2) is 36.4 Å². The third-order valence-electron chi connectivity index (χ3n) is 4.22. The van der Waals surface area contributed by atoms with E-state index in [0.29, 0.717) is 5.56 Å². The fourth-order valence-corrected chi connectivity index (χ4v) is 3.00. The molecule has 0 atom stereocenters. The highest BCUT2D eigenvalue weighted by Gasteiger charge is 2.30. The third-order valence-corrected chi connectivity index (χ3v) is 4.89. The number of benzene rings is 2. The quantitative estimate of drug-likeness (QED) is 0.373. The summed E-state index contributed by atoms with van der Waals surface area (Å²) in [5.74, 6) is -2.77. The Bertz CT molecular complexity index is 1170. The van der Waals surface area contributed by atoms with Crippen molar-refractivity contribution in [1.82, 2.24) is 9.97 Å². The molecule has 3 aromatic rings. The van der Waals surface area contributed by atoms with Crippen molar-refractivity contribution in [2.75, 3.05) is 12.8 Å². The number of hydrogen-bond acceptors (Lipinski definition) is 6. The van der Waals surface area contributed by atoms with Gasteiger partial charge in [0.2, 0.25) is 0 Å². The minimum Gasteiger partial charge on any atom is -0.492 e. The maximum atomic E-state index is 14.7. The van der Waals surface area contributed by atoms with Crippen LogP contribution in [0.25, 0.3) is 11.4 Å². The summed E-state index contributed by atoms with van der Waals surface area (Å²) in [6, 6.07) is 6.64. The van der Waals surface area contributed by atoms with Crippen molar-refractivity contribution in [3.63, 3.8) is 0 Å². The molecule has 2 N–H and O–H groups in total. The molecule has 0 aliphatic rings. The van der Waals surface area contributed by atoms with Gasteiger partial charge in [-0.25, -0.2) is 19.2 Å². The fourth-order valence-electron chi connectivity index (χ4n) is 2.62. The van der Waals surface area contributed by atoms with Gasteiger partial charge in [0.05, 0.1) is 23.3 Å². The summed E-state index contributed by atoms with van der Waals surface area (Å²) >= 11 is 11.9. The van der Waals surface area contributed by atoms with Crippen LogP contribution in [0, 0.1) is 5.82 Å². The Hall–Kier alpha value is -3.11. The van der Waals surface area contributed by atoms with Gasteiger partial charge in [0, 0.05) is 0 Å². The number of esters is 1. The maximum Gasteiger partial charge on any atom is 0.416 e. The summed E-state index contributed by atoms with van der Waals surface area (Å²) in [5.41, 5.74) is 4.57. The second-order valence-corrected chi connectivity index (χ2v) is 7.09. The van der Waals surface area contributed by atoms with E-state index in [9.17, 15) is 22.4 Å².